The number of aliphatic hydroxyl groups excluding tert-OH is 8. The Morgan fingerprint density at radius 2 is 0.925 bits per heavy atom. The van der Waals surface area contributed by atoms with Crippen LogP contribution in [0.2, 0.25) is 0 Å². The topological polar surface area (TPSA) is 239 Å². The molecular formula is C26H34O14. The molecule has 0 aliphatic carbocycles. The standard InChI is InChI=1S/C26H34O14/c1-9-3-11(37-25-23(35)21(33)19(31)15(7-27)39-25)5-13(17(9)29)14-6-12(4-10(2)18(14)30)38-26-24(36)22(34)20(32)16(8-28)40-26/h3-6,15-16,19-36H,7-8H2,1-2H3/t15-,16+,19-,20+,21+,22-,23-,24+,25-,26+. The molecule has 40 heavy (non-hydrogen) atoms. The van der Waals surface area contributed by atoms with Crippen LogP contribution in [0.4, 0.5) is 0 Å². The van der Waals surface area contributed by atoms with Crippen molar-refractivity contribution in [3.8, 4) is 34.1 Å². The van der Waals surface area contributed by atoms with E-state index < -0.39 is 74.6 Å². The average Bonchev–Trinajstić information content (AvgIpc) is 2.93. The molecule has 2 fully saturated rings. The van der Waals surface area contributed by atoms with Gasteiger partial charge >= 0.3 is 0 Å². The number of hydrogen-bond donors (Lipinski definition) is 10. The predicted molar refractivity (Wildman–Crippen MR) is 133 cm³/mol. The molecular weight excluding hydrogens is 536 g/mol. The zero-order chi connectivity index (χ0) is 29.5. The summed E-state index contributed by atoms with van der Waals surface area (Å²) in [4.78, 5) is 0. The van der Waals surface area contributed by atoms with Crippen molar-refractivity contribution >= 4 is 0 Å². The number of phenols is 2. The molecule has 2 aromatic rings. The largest absolute Gasteiger partial charge is 0.507 e. The van der Waals surface area contributed by atoms with Crippen LogP contribution < -0.4 is 9.47 Å². The zero-order valence-corrected chi connectivity index (χ0v) is 21.6. The minimum absolute atomic E-state index is 0.0342. The molecule has 14 nitrogen and oxygen atoms in total. The molecule has 0 aromatic heterocycles. The third-order valence-corrected chi connectivity index (χ3v) is 7.04. The number of phenolic OH excluding ortho intramolecular Hbond substituents is 2. The quantitative estimate of drug-likeness (QED) is 0.169. The summed E-state index contributed by atoms with van der Waals surface area (Å²) < 4.78 is 22.1. The Labute approximate surface area is 228 Å². The number of aromatic hydroxyl groups is 2. The zero-order valence-electron chi connectivity index (χ0n) is 21.6. The van der Waals surface area contributed by atoms with Gasteiger partial charge < -0.3 is 70.0 Å². The van der Waals surface area contributed by atoms with Gasteiger partial charge in [-0.3, -0.25) is 0 Å². The van der Waals surface area contributed by atoms with E-state index in [0.717, 1.165) is 0 Å². The molecule has 10 atom stereocenters. The number of ether oxygens (including phenoxy) is 4. The summed E-state index contributed by atoms with van der Waals surface area (Å²) in [6, 6.07) is 5.43. The van der Waals surface area contributed by atoms with Crippen LogP contribution in [0.15, 0.2) is 24.3 Å². The van der Waals surface area contributed by atoms with Gasteiger partial charge in [0.15, 0.2) is 0 Å². The van der Waals surface area contributed by atoms with Gasteiger partial charge in [0.1, 0.15) is 71.8 Å². The van der Waals surface area contributed by atoms with Crippen LogP contribution in [-0.2, 0) is 9.47 Å². The van der Waals surface area contributed by atoms with E-state index in [0.29, 0.717) is 0 Å². The second-order valence-corrected chi connectivity index (χ2v) is 9.90. The molecule has 2 saturated heterocycles. The minimum Gasteiger partial charge on any atom is -0.507 e. The molecule has 2 aliphatic rings. The summed E-state index contributed by atoms with van der Waals surface area (Å²) in [6.45, 7) is 1.77. The Bertz CT molecular complexity index is 1090. The SMILES string of the molecule is Cc1cc(O[C@H]2O[C@@H](CO)[C@H](O)[C@@H](O)[C@@H]2O)cc(-c2cc(O[C@@H]3O[C@H](CO)[C@@H](O)[C@H](O)[C@H]3O)cc(C)c2O)c1O. The van der Waals surface area contributed by atoms with Crippen LogP contribution in [0.25, 0.3) is 11.1 Å². The maximum absolute atomic E-state index is 10.8. The molecule has 4 rings (SSSR count). The van der Waals surface area contributed by atoms with Crippen molar-refractivity contribution in [1.29, 1.82) is 0 Å². The normalized spacial score (nSPS) is 34.5. The van der Waals surface area contributed by atoms with Crippen molar-refractivity contribution in [3.05, 3.63) is 35.4 Å². The first kappa shape index (κ1) is 30.2. The number of aryl methyl sites for hydroxylation is 2. The molecule has 0 radical (unpaired) electrons. The first-order chi connectivity index (χ1) is 18.9. The van der Waals surface area contributed by atoms with Gasteiger partial charge in [-0.05, 0) is 49.2 Å². The van der Waals surface area contributed by atoms with Gasteiger partial charge in [0.25, 0.3) is 0 Å². The van der Waals surface area contributed by atoms with Gasteiger partial charge in [-0.1, -0.05) is 0 Å². The van der Waals surface area contributed by atoms with Crippen LogP contribution in [0.3, 0.4) is 0 Å². The van der Waals surface area contributed by atoms with Gasteiger partial charge in [0.05, 0.1) is 13.2 Å². The summed E-state index contributed by atoms with van der Waals surface area (Å²) in [6.07, 6.45) is -15.3. The maximum Gasteiger partial charge on any atom is 0.229 e. The van der Waals surface area contributed by atoms with Gasteiger partial charge in [0.2, 0.25) is 12.6 Å². The van der Waals surface area contributed by atoms with Crippen LogP contribution in [0.1, 0.15) is 11.1 Å². The van der Waals surface area contributed by atoms with E-state index in [4.69, 9.17) is 18.9 Å². The Kier molecular flexibility index (Phi) is 9.06. The third-order valence-electron chi connectivity index (χ3n) is 7.04. The third kappa shape index (κ3) is 5.69. The lowest BCUT2D eigenvalue weighted by Crippen LogP contribution is -2.60. The summed E-state index contributed by atoms with van der Waals surface area (Å²) >= 11 is 0. The van der Waals surface area contributed by atoms with E-state index in [2.05, 4.69) is 0 Å². The van der Waals surface area contributed by atoms with Crippen molar-refractivity contribution in [2.75, 3.05) is 13.2 Å². The van der Waals surface area contributed by atoms with Gasteiger partial charge in [-0.15, -0.1) is 0 Å². The Morgan fingerprint density at radius 3 is 1.25 bits per heavy atom. The molecule has 2 aromatic carbocycles. The summed E-state index contributed by atoms with van der Waals surface area (Å²) in [5.74, 6) is -0.430. The molecule has 2 aliphatic heterocycles. The molecule has 2 heterocycles. The van der Waals surface area contributed by atoms with Crippen LogP contribution in [-0.4, -0.2) is 126 Å². The first-order valence-electron chi connectivity index (χ1n) is 12.5. The van der Waals surface area contributed by atoms with E-state index in [-0.39, 0.29) is 45.3 Å². The highest BCUT2D eigenvalue weighted by Crippen LogP contribution is 2.44. The highest BCUT2D eigenvalue weighted by Gasteiger charge is 2.46. The fraction of sp³-hybridized carbons (Fsp3) is 0.538. The molecule has 0 saturated carbocycles. The van der Waals surface area contributed by atoms with E-state index in [1.165, 1.54) is 38.1 Å². The van der Waals surface area contributed by atoms with Crippen molar-refractivity contribution in [3.63, 3.8) is 0 Å². The number of aliphatic hydroxyl groups is 8. The monoisotopic (exact) mass is 570 g/mol. The van der Waals surface area contributed by atoms with E-state index >= 15 is 0 Å². The molecule has 222 valence electrons. The lowest BCUT2D eigenvalue weighted by molar-refractivity contribution is -0.277. The fourth-order valence-corrected chi connectivity index (χ4v) is 4.64. The molecule has 0 bridgehead atoms. The van der Waals surface area contributed by atoms with E-state index in [1.807, 2.05) is 0 Å². The Morgan fingerprint density at radius 1 is 0.575 bits per heavy atom. The van der Waals surface area contributed by atoms with Crippen LogP contribution >= 0.6 is 0 Å². The fourth-order valence-electron chi connectivity index (χ4n) is 4.64. The van der Waals surface area contributed by atoms with Crippen molar-refractivity contribution in [2.24, 2.45) is 0 Å². The predicted octanol–water partition coefficient (Wildman–Crippen LogP) is -2.26. The maximum atomic E-state index is 10.8. The summed E-state index contributed by atoms with van der Waals surface area (Å²) in [7, 11) is 0. The molecule has 0 spiro atoms. The highest BCUT2D eigenvalue weighted by molar-refractivity contribution is 5.80. The van der Waals surface area contributed by atoms with E-state index in [1.54, 1.807) is 0 Å². The molecule has 10 N–H and O–H groups in total. The Balaban J connectivity index is 1.66. The Hall–Kier alpha value is -2.76. The van der Waals surface area contributed by atoms with Crippen LogP contribution in [0, 0.1) is 13.8 Å². The van der Waals surface area contributed by atoms with Gasteiger partial charge in [0, 0.05) is 11.1 Å². The van der Waals surface area contributed by atoms with Gasteiger partial charge in [-0.25, -0.2) is 0 Å². The average molecular weight is 571 g/mol. The first-order valence-corrected chi connectivity index (χ1v) is 12.5. The minimum atomic E-state index is -1.68. The van der Waals surface area contributed by atoms with E-state index in [9.17, 15) is 51.1 Å². The second kappa shape index (κ2) is 12.0. The van der Waals surface area contributed by atoms with Crippen molar-refractivity contribution < 1.29 is 70.0 Å². The van der Waals surface area contributed by atoms with Crippen molar-refractivity contribution in [2.45, 2.75) is 75.3 Å². The van der Waals surface area contributed by atoms with Gasteiger partial charge in [-0.2, -0.15) is 0 Å². The lowest BCUT2D eigenvalue weighted by Gasteiger charge is -2.39. The lowest BCUT2D eigenvalue weighted by atomic mass is 9.97. The summed E-state index contributed by atoms with van der Waals surface area (Å²) in [5.41, 5.74) is 0.683. The highest BCUT2D eigenvalue weighted by atomic mass is 16.7. The number of hydrogen-bond acceptors (Lipinski definition) is 14. The number of benzene rings is 2. The molecule has 14 heteroatoms. The number of rotatable bonds is 7. The second-order valence-electron chi connectivity index (χ2n) is 9.90. The van der Waals surface area contributed by atoms with Crippen molar-refractivity contribution in [1.82, 2.24) is 0 Å². The summed E-state index contributed by atoms with van der Waals surface area (Å²) in [5, 5.41) is 101. The van der Waals surface area contributed by atoms with Crippen LogP contribution in [0.5, 0.6) is 23.0 Å². The molecule has 0 unspecified atom stereocenters. The molecule has 0 amide bonds. The smallest absolute Gasteiger partial charge is 0.229 e.